The average Bonchev–Trinajstić information content (AvgIpc) is 3.08. The van der Waals surface area contributed by atoms with Crippen molar-refractivity contribution in [1.29, 1.82) is 0 Å². The summed E-state index contributed by atoms with van der Waals surface area (Å²) in [6.45, 7) is 6.31. The molecule has 9 heteroatoms. The Morgan fingerprint density at radius 3 is 2.76 bits per heavy atom. The van der Waals surface area contributed by atoms with Gasteiger partial charge in [-0.1, -0.05) is 0 Å². The standard InChI is InChI=1S/C20H25FN6O2/c1-12(2)26-16-8-15(13-10-25-27-7-5-6-22-18(13)27)23-9-14(16)19(28)24-11-17(21)20(3,4)29/h5-10,12,17,29H,11H2,1-4H3,(H,23,26)(H,24,28). The topological polar surface area (TPSA) is 104 Å². The van der Waals surface area contributed by atoms with E-state index >= 15 is 0 Å². The summed E-state index contributed by atoms with van der Waals surface area (Å²) in [4.78, 5) is 21.4. The summed E-state index contributed by atoms with van der Waals surface area (Å²) in [7, 11) is 0. The van der Waals surface area contributed by atoms with Crippen LogP contribution < -0.4 is 10.6 Å². The predicted octanol–water partition coefficient (Wildman–Crippen LogP) is 2.45. The fourth-order valence-electron chi connectivity index (χ4n) is 2.75. The molecule has 1 atom stereocenters. The summed E-state index contributed by atoms with van der Waals surface area (Å²) in [5.74, 6) is -0.475. The lowest BCUT2D eigenvalue weighted by Crippen LogP contribution is -2.42. The SMILES string of the molecule is CC(C)Nc1cc(-c2cnn3cccnc23)ncc1C(=O)NCC(F)C(C)(C)O. The minimum Gasteiger partial charge on any atom is -0.387 e. The summed E-state index contributed by atoms with van der Waals surface area (Å²) in [6, 6.07) is 3.59. The Balaban J connectivity index is 1.91. The van der Waals surface area contributed by atoms with Crippen molar-refractivity contribution in [3.63, 3.8) is 0 Å². The first kappa shape index (κ1) is 20.7. The zero-order valence-electron chi connectivity index (χ0n) is 16.8. The first-order valence-corrected chi connectivity index (χ1v) is 9.36. The molecule has 3 heterocycles. The number of alkyl halides is 1. The quantitative estimate of drug-likeness (QED) is 0.563. The molecule has 0 bridgehead atoms. The van der Waals surface area contributed by atoms with E-state index in [-0.39, 0.29) is 18.2 Å². The largest absolute Gasteiger partial charge is 0.387 e. The highest BCUT2D eigenvalue weighted by molar-refractivity contribution is 6.00. The molecular formula is C20H25FN6O2. The van der Waals surface area contributed by atoms with Crippen LogP contribution >= 0.6 is 0 Å². The van der Waals surface area contributed by atoms with Crippen LogP contribution in [0.5, 0.6) is 0 Å². The lowest BCUT2D eigenvalue weighted by Gasteiger charge is -2.23. The molecule has 0 aliphatic rings. The van der Waals surface area contributed by atoms with E-state index in [4.69, 9.17) is 0 Å². The van der Waals surface area contributed by atoms with Crippen LogP contribution in [0.15, 0.2) is 36.9 Å². The molecule has 0 aromatic carbocycles. The third-order valence-electron chi connectivity index (χ3n) is 4.36. The molecule has 1 unspecified atom stereocenters. The van der Waals surface area contributed by atoms with E-state index < -0.39 is 17.7 Å². The maximum Gasteiger partial charge on any atom is 0.255 e. The monoisotopic (exact) mass is 400 g/mol. The molecule has 0 aliphatic carbocycles. The number of rotatable bonds is 7. The van der Waals surface area contributed by atoms with E-state index in [2.05, 4.69) is 25.7 Å². The number of aliphatic hydroxyl groups is 1. The van der Waals surface area contributed by atoms with E-state index in [0.29, 0.717) is 17.0 Å². The third kappa shape index (κ3) is 4.68. The van der Waals surface area contributed by atoms with Crippen molar-refractivity contribution in [2.75, 3.05) is 11.9 Å². The highest BCUT2D eigenvalue weighted by Crippen LogP contribution is 2.26. The maximum atomic E-state index is 14.0. The summed E-state index contributed by atoms with van der Waals surface area (Å²) in [6.07, 6.45) is 4.98. The minimum absolute atomic E-state index is 0.0594. The van der Waals surface area contributed by atoms with Crippen molar-refractivity contribution in [1.82, 2.24) is 24.9 Å². The molecule has 154 valence electrons. The number of nitrogens with zero attached hydrogens (tertiary/aromatic N) is 4. The smallest absolute Gasteiger partial charge is 0.255 e. The Labute approximate surface area is 168 Å². The van der Waals surface area contributed by atoms with Gasteiger partial charge in [0, 0.05) is 24.6 Å². The molecule has 0 saturated heterocycles. The van der Waals surface area contributed by atoms with Gasteiger partial charge in [-0.2, -0.15) is 5.10 Å². The molecule has 0 radical (unpaired) electrons. The number of pyridine rings is 1. The molecular weight excluding hydrogens is 375 g/mol. The van der Waals surface area contributed by atoms with Crippen LogP contribution in [0, 0.1) is 0 Å². The molecule has 0 aliphatic heterocycles. The van der Waals surface area contributed by atoms with E-state index in [1.54, 1.807) is 35.2 Å². The fraction of sp³-hybridized carbons (Fsp3) is 0.400. The fourth-order valence-corrected chi connectivity index (χ4v) is 2.75. The van der Waals surface area contributed by atoms with Crippen LogP contribution in [-0.2, 0) is 0 Å². The molecule has 8 nitrogen and oxygen atoms in total. The second-order valence-corrected chi connectivity index (χ2v) is 7.69. The number of carbonyl (C=O) groups excluding carboxylic acids is 1. The lowest BCUT2D eigenvalue weighted by atomic mass is 10.0. The van der Waals surface area contributed by atoms with Crippen molar-refractivity contribution >= 4 is 17.2 Å². The van der Waals surface area contributed by atoms with Gasteiger partial charge in [-0.3, -0.25) is 9.78 Å². The van der Waals surface area contributed by atoms with Gasteiger partial charge in [-0.15, -0.1) is 0 Å². The Bertz CT molecular complexity index is 1010. The molecule has 0 fully saturated rings. The number of hydrogen-bond acceptors (Lipinski definition) is 6. The van der Waals surface area contributed by atoms with Crippen LogP contribution in [0.25, 0.3) is 16.9 Å². The highest BCUT2D eigenvalue weighted by atomic mass is 19.1. The van der Waals surface area contributed by atoms with Crippen molar-refractivity contribution in [3.05, 3.63) is 42.5 Å². The van der Waals surface area contributed by atoms with Gasteiger partial charge < -0.3 is 15.7 Å². The third-order valence-corrected chi connectivity index (χ3v) is 4.36. The molecule has 0 spiro atoms. The van der Waals surface area contributed by atoms with Gasteiger partial charge >= 0.3 is 0 Å². The first-order chi connectivity index (χ1) is 13.7. The lowest BCUT2D eigenvalue weighted by molar-refractivity contribution is -0.00177. The highest BCUT2D eigenvalue weighted by Gasteiger charge is 2.27. The Morgan fingerprint density at radius 2 is 2.07 bits per heavy atom. The summed E-state index contributed by atoms with van der Waals surface area (Å²) >= 11 is 0. The Hall–Kier alpha value is -3.07. The minimum atomic E-state index is -1.59. The number of halogens is 1. The van der Waals surface area contributed by atoms with Crippen molar-refractivity contribution in [2.24, 2.45) is 0 Å². The number of hydrogen-bond donors (Lipinski definition) is 3. The van der Waals surface area contributed by atoms with E-state index in [1.165, 1.54) is 20.0 Å². The van der Waals surface area contributed by atoms with Gasteiger partial charge in [0.05, 0.1) is 40.9 Å². The number of aromatic nitrogens is 4. The van der Waals surface area contributed by atoms with Crippen molar-refractivity contribution < 1.29 is 14.3 Å². The second kappa shape index (κ2) is 8.12. The van der Waals surface area contributed by atoms with Crippen LogP contribution in [0.2, 0.25) is 0 Å². The van der Waals surface area contributed by atoms with Crippen LogP contribution in [0.3, 0.4) is 0 Å². The summed E-state index contributed by atoms with van der Waals surface area (Å²) in [5.41, 5.74) is 1.31. The average molecular weight is 400 g/mol. The van der Waals surface area contributed by atoms with Gasteiger partial charge in [0.15, 0.2) is 5.65 Å². The van der Waals surface area contributed by atoms with Crippen LogP contribution in [0.1, 0.15) is 38.1 Å². The summed E-state index contributed by atoms with van der Waals surface area (Å²) in [5, 5.41) is 19.7. The Morgan fingerprint density at radius 1 is 1.31 bits per heavy atom. The van der Waals surface area contributed by atoms with Crippen molar-refractivity contribution in [3.8, 4) is 11.3 Å². The van der Waals surface area contributed by atoms with Crippen LogP contribution in [-0.4, -0.2) is 55.0 Å². The van der Waals surface area contributed by atoms with Gasteiger partial charge in [-0.05, 0) is 39.8 Å². The number of anilines is 1. The Kier molecular flexibility index (Phi) is 5.78. The number of carbonyl (C=O) groups is 1. The zero-order valence-corrected chi connectivity index (χ0v) is 16.8. The van der Waals surface area contributed by atoms with Crippen molar-refractivity contribution in [2.45, 2.75) is 45.5 Å². The van der Waals surface area contributed by atoms with E-state index in [1.807, 2.05) is 13.8 Å². The second-order valence-electron chi connectivity index (χ2n) is 7.69. The van der Waals surface area contributed by atoms with E-state index in [0.717, 1.165) is 5.56 Å². The normalized spacial score (nSPS) is 12.9. The number of amides is 1. The first-order valence-electron chi connectivity index (χ1n) is 9.36. The van der Waals surface area contributed by atoms with Gasteiger partial charge in [0.25, 0.3) is 5.91 Å². The molecule has 3 rings (SSSR count). The maximum absolute atomic E-state index is 14.0. The molecule has 0 saturated carbocycles. The molecule has 29 heavy (non-hydrogen) atoms. The molecule has 3 aromatic rings. The summed E-state index contributed by atoms with van der Waals surface area (Å²) < 4.78 is 15.6. The van der Waals surface area contributed by atoms with Gasteiger partial charge in [0.1, 0.15) is 6.17 Å². The molecule has 3 aromatic heterocycles. The predicted molar refractivity (Wildman–Crippen MR) is 109 cm³/mol. The van der Waals surface area contributed by atoms with Crippen LogP contribution in [0.4, 0.5) is 10.1 Å². The molecule has 3 N–H and O–H groups in total. The van der Waals surface area contributed by atoms with Gasteiger partial charge in [0.2, 0.25) is 0 Å². The van der Waals surface area contributed by atoms with Gasteiger partial charge in [-0.25, -0.2) is 13.9 Å². The zero-order chi connectivity index (χ0) is 21.2. The van der Waals surface area contributed by atoms with E-state index in [9.17, 15) is 14.3 Å². The number of fused-ring (bicyclic) bond motifs is 1. The number of nitrogens with one attached hydrogen (secondary N) is 2. The molecule has 1 amide bonds.